The summed E-state index contributed by atoms with van der Waals surface area (Å²) < 4.78 is 5.27. The molecule has 0 aliphatic carbocycles. The lowest BCUT2D eigenvalue weighted by Gasteiger charge is -2.37. The fourth-order valence-electron chi connectivity index (χ4n) is 3.48. The number of piperidine rings is 1. The molecule has 0 amide bonds. The molecule has 2 aliphatic heterocycles. The van der Waals surface area contributed by atoms with Crippen LogP contribution in [0.1, 0.15) is 25.7 Å². The number of nitrogens with zero attached hydrogens (tertiary/aromatic N) is 1. The van der Waals surface area contributed by atoms with Crippen LogP contribution < -0.4 is 10.1 Å². The van der Waals surface area contributed by atoms with E-state index in [1.807, 2.05) is 12.1 Å². The van der Waals surface area contributed by atoms with E-state index in [9.17, 15) is 0 Å². The molecular formula is C15H22N2O. The number of hydrogen-bond acceptors (Lipinski definition) is 3. The van der Waals surface area contributed by atoms with Crippen LogP contribution in [0.25, 0.3) is 0 Å². The fraction of sp³-hybridized carbons (Fsp3) is 0.600. The van der Waals surface area contributed by atoms with Crippen LogP contribution in [0.5, 0.6) is 5.75 Å². The maximum Gasteiger partial charge on any atom is 0.120 e. The number of methoxy groups -OCH3 is 1. The molecular weight excluding hydrogens is 224 g/mol. The van der Waals surface area contributed by atoms with Crippen LogP contribution >= 0.6 is 0 Å². The van der Waals surface area contributed by atoms with Gasteiger partial charge in [-0.25, -0.2) is 0 Å². The number of hydrogen-bond donors (Lipinski definition) is 1. The van der Waals surface area contributed by atoms with Crippen LogP contribution in [-0.2, 0) is 0 Å². The number of anilines is 1. The van der Waals surface area contributed by atoms with Crippen LogP contribution in [0.2, 0.25) is 0 Å². The molecule has 3 heteroatoms. The quantitative estimate of drug-likeness (QED) is 0.887. The number of benzene rings is 1. The zero-order chi connectivity index (χ0) is 12.5. The minimum absolute atomic E-state index is 0.616. The maximum absolute atomic E-state index is 5.27. The summed E-state index contributed by atoms with van der Waals surface area (Å²) in [6, 6.07) is 10.4. The highest BCUT2D eigenvalue weighted by Crippen LogP contribution is 2.35. The second-order valence-electron chi connectivity index (χ2n) is 5.60. The van der Waals surface area contributed by atoms with Gasteiger partial charge in [-0.05, 0) is 44.9 Å². The van der Waals surface area contributed by atoms with Crippen molar-refractivity contribution >= 4 is 5.69 Å². The van der Waals surface area contributed by atoms with Gasteiger partial charge in [0.2, 0.25) is 0 Å². The summed E-state index contributed by atoms with van der Waals surface area (Å²) in [7, 11) is 4.00. The Morgan fingerprint density at radius 2 is 1.94 bits per heavy atom. The zero-order valence-electron chi connectivity index (χ0n) is 11.2. The number of rotatable bonds is 3. The highest BCUT2D eigenvalue weighted by atomic mass is 16.5. The molecule has 0 saturated carbocycles. The minimum Gasteiger partial charge on any atom is -0.497 e. The van der Waals surface area contributed by atoms with Gasteiger partial charge in [-0.2, -0.15) is 0 Å². The lowest BCUT2D eigenvalue weighted by Crippen LogP contribution is -2.44. The lowest BCUT2D eigenvalue weighted by molar-refractivity contribution is 0.169. The van der Waals surface area contributed by atoms with E-state index in [0.29, 0.717) is 6.04 Å². The Kier molecular flexibility index (Phi) is 3.16. The maximum atomic E-state index is 5.27. The largest absolute Gasteiger partial charge is 0.497 e. The van der Waals surface area contributed by atoms with E-state index in [1.54, 1.807) is 7.11 Å². The van der Waals surface area contributed by atoms with Crippen LogP contribution in [-0.4, -0.2) is 37.2 Å². The SMILES string of the molecule is COc1cccc(NC2CC3CCC(C2)N3C)c1. The molecule has 0 aromatic heterocycles. The molecule has 2 aliphatic rings. The monoisotopic (exact) mass is 246 g/mol. The number of ether oxygens (including phenoxy) is 1. The predicted molar refractivity (Wildman–Crippen MR) is 74.2 cm³/mol. The normalized spacial score (nSPS) is 31.3. The van der Waals surface area contributed by atoms with Gasteiger partial charge in [-0.1, -0.05) is 6.07 Å². The van der Waals surface area contributed by atoms with E-state index in [2.05, 4.69) is 29.4 Å². The minimum atomic E-state index is 0.616. The summed E-state index contributed by atoms with van der Waals surface area (Å²) in [5, 5.41) is 3.67. The van der Waals surface area contributed by atoms with Crippen molar-refractivity contribution in [3.05, 3.63) is 24.3 Å². The van der Waals surface area contributed by atoms with Crippen LogP contribution in [0.15, 0.2) is 24.3 Å². The summed E-state index contributed by atoms with van der Waals surface area (Å²) in [6.45, 7) is 0. The molecule has 2 atom stereocenters. The van der Waals surface area contributed by atoms with E-state index >= 15 is 0 Å². The molecule has 98 valence electrons. The van der Waals surface area contributed by atoms with Crippen molar-refractivity contribution in [2.75, 3.05) is 19.5 Å². The van der Waals surface area contributed by atoms with Crippen molar-refractivity contribution in [2.24, 2.45) is 0 Å². The molecule has 1 aromatic carbocycles. The van der Waals surface area contributed by atoms with E-state index in [1.165, 1.54) is 31.4 Å². The summed E-state index contributed by atoms with van der Waals surface area (Å²) in [6.07, 6.45) is 5.28. The molecule has 1 aromatic rings. The summed E-state index contributed by atoms with van der Waals surface area (Å²) in [4.78, 5) is 2.57. The first kappa shape index (κ1) is 11.8. The first-order valence-electron chi connectivity index (χ1n) is 6.89. The Labute approximate surface area is 109 Å². The third kappa shape index (κ3) is 2.19. The smallest absolute Gasteiger partial charge is 0.120 e. The second kappa shape index (κ2) is 4.81. The van der Waals surface area contributed by atoms with Crippen molar-refractivity contribution in [1.29, 1.82) is 0 Å². The fourth-order valence-corrected chi connectivity index (χ4v) is 3.48. The van der Waals surface area contributed by atoms with E-state index in [-0.39, 0.29) is 0 Å². The van der Waals surface area contributed by atoms with Gasteiger partial charge < -0.3 is 15.0 Å². The lowest BCUT2D eigenvalue weighted by atomic mass is 9.98. The van der Waals surface area contributed by atoms with Gasteiger partial charge in [-0.3, -0.25) is 0 Å². The Morgan fingerprint density at radius 3 is 2.61 bits per heavy atom. The van der Waals surface area contributed by atoms with Gasteiger partial charge in [0, 0.05) is 29.9 Å². The highest BCUT2D eigenvalue weighted by Gasteiger charge is 2.38. The van der Waals surface area contributed by atoms with E-state index < -0.39 is 0 Å². The van der Waals surface area contributed by atoms with Crippen LogP contribution in [0.3, 0.4) is 0 Å². The van der Waals surface area contributed by atoms with E-state index in [4.69, 9.17) is 4.74 Å². The Morgan fingerprint density at radius 1 is 1.22 bits per heavy atom. The van der Waals surface area contributed by atoms with Gasteiger partial charge >= 0.3 is 0 Å². The Hall–Kier alpha value is -1.22. The standard InChI is InChI=1S/C15H22N2O/c1-17-13-6-7-14(17)9-12(8-13)16-11-4-3-5-15(10-11)18-2/h3-5,10,12-14,16H,6-9H2,1-2H3. The average Bonchev–Trinajstić information content (AvgIpc) is 2.62. The molecule has 2 saturated heterocycles. The van der Waals surface area contributed by atoms with Crippen LogP contribution in [0.4, 0.5) is 5.69 Å². The highest BCUT2D eigenvalue weighted by molar-refractivity contribution is 5.49. The molecule has 2 heterocycles. The zero-order valence-corrected chi connectivity index (χ0v) is 11.2. The first-order valence-corrected chi connectivity index (χ1v) is 6.89. The van der Waals surface area contributed by atoms with Gasteiger partial charge in [0.15, 0.2) is 0 Å². The predicted octanol–water partition coefficient (Wildman–Crippen LogP) is 2.73. The van der Waals surface area contributed by atoms with Gasteiger partial charge in [0.05, 0.1) is 7.11 Å². The van der Waals surface area contributed by atoms with Crippen molar-refractivity contribution in [1.82, 2.24) is 4.90 Å². The Bertz CT molecular complexity index is 407. The van der Waals surface area contributed by atoms with Crippen molar-refractivity contribution in [2.45, 2.75) is 43.8 Å². The summed E-state index contributed by atoms with van der Waals surface area (Å²) in [5.74, 6) is 0.927. The van der Waals surface area contributed by atoms with Crippen molar-refractivity contribution in [3.8, 4) is 5.75 Å². The number of nitrogens with one attached hydrogen (secondary N) is 1. The Balaban J connectivity index is 1.66. The molecule has 2 bridgehead atoms. The topological polar surface area (TPSA) is 24.5 Å². The molecule has 2 fully saturated rings. The average molecular weight is 246 g/mol. The van der Waals surface area contributed by atoms with Gasteiger partial charge in [0.25, 0.3) is 0 Å². The van der Waals surface area contributed by atoms with Crippen LogP contribution in [0, 0.1) is 0 Å². The first-order chi connectivity index (χ1) is 8.76. The second-order valence-corrected chi connectivity index (χ2v) is 5.60. The molecule has 18 heavy (non-hydrogen) atoms. The van der Waals surface area contributed by atoms with Crippen molar-refractivity contribution < 1.29 is 4.74 Å². The third-order valence-corrected chi connectivity index (χ3v) is 4.54. The number of fused-ring (bicyclic) bond motifs is 2. The van der Waals surface area contributed by atoms with E-state index in [0.717, 1.165) is 17.8 Å². The third-order valence-electron chi connectivity index (χ3n) is 4.54. The molecule has 1 N–H and O–H groups in total. The molecule has 3 rings (SSSR count). The summed E-state index contributed by atoms with van der Waals surface area (Å²) >= 11 is 0. The van der Waals surface area contributed by atoms with Gasteiger partial charge in [0.1, 0.15) is 5.75 Å². The molecule has 2 unspecified atom stereocenters. The molecule has 3 nitrogen and oxygen atoms in total. The van der Waals surface area contributed by atoms with Gasteiger partial charge in [-0.15, -0.1) is 0 Å². The summed E-state index contributed by atoms with van der Waals surface area (Å²) in [5.41, 5.74) is 1.18. The molecule has 0 radical (unpaired) electrons. The molecule has 0 spiro atoms. The van der Waals surface area contributed by atoms with Crippen molar-refractivity contribution in [3.63, 3.8) is 0 Å².